The molecule has 0 aliphatic rings. The molecule has 5 nitrogen and oxygen atoms in total. The van der Waals surface area contributed by atoms with Gasteiger partial charge in [0, 0.05) is 12.8 Å². The molecule has 0 aromatic carbocycles. The van der Waals surface area contributed by atoms with Crippen LogP contribution in [0.25, 0.3) is 0 Å². The van der Waals surface area contributed by atoms with Crippen molar-refractivity contribution in [3.05, 3.63) is 24.3 Å². The zero-order valence-corrected chi connectivity index (χ0v) is 26.4. The molecule has 0 spiro atoms. The largest absolute Gasteiger partial charge is 0.462 e. The van der Waals surface area contributed by atoms with Gasteiger partial charge in [0.2, 0.25) is 0 Å². The van der Waals surface area contributed by atoms with Crippen molar-refractivity contribution < 1.29 is 24.2 Å². The zero-order valence-electron chi connectivity index (χ0n) is 26.4. The maximum atomic E-state index is 12.1. The monoisotopic (exact) mass is 564 g/mol. The Morgan fingerprint density at radius 3 is 1.52 bits per heavy atom. The minimum atomic E-state index is -0.770. The van der Waals surface area contributed by atoms with Crippen LogP contribution in [-0.4, -0.2) is 36.4 Å². The lowest BCUT2D eigenvalue weighted by molar-refractivity contribution is -0.161. The predicted molar refractivity (Wildman–Crippen MR) is 168 cm³/mol. The van der Waals surface area contributed by atoms with Gasteiger partial charge in [-0.05, 0) is 44.9 Å². The number of aliphatic hydroxyl groups excluding tert-OH is 1. The SMILES string of the molecule is CCCCC/C=C\C/C=C\CCCCCCCC(=O)OC[C@H](CO)OC(=O)CCCCCCCCCCCCC. The van der Waals surface area contributed by atoms with Crippen LogP contribution in [0.2, 0.25) is 0 Å². The Morgan fingerprint density at radius 2 is 1.00 bits per heavy atom. The number of ether oxygens (including phenoxy) is 2. The van der Waals surface area contributed by atoms with Crippen LogP contribution in [0, 0.1) is 0 Å². The summed E-state index contributed by atoms with van der Waals surface area (Å²) in [5, 5.41) is 9.49. The van der Waals surface area contributed by atoms with E-state index in [0.29, 0.717) is 12.8 Å². The predicted octanol–water partition coefficient (Wildman–Crippen LogP) is 9.95. The summed E-state index contributed by atoms with van der Waals surface area (Å²) in [7, 11) is 0. The molecular formula is C35H64O5. The number of unbranched alkanes of at least 4 members (excludes halogenated alkanes) is 18. The Kier molecular flexibility index (Phi) is 30.6. The third-order valence-corrected chi connectivity index (χ3v) is 7.25. The van der Waals surface area contributed by atoms with Gasteiger partial charge in [-0.3, -0.25) is 9.59 Å². The number of rotatable bonds is 30. The van der Waals surface area contributed by atoms with Crippen LogP contribution in [0.4, 0.5) is 0 Å². The molecule has 40 heavy (non-hydrogen) atoms. The highest BCUT2D eigenvalue weighted by molar-refractivity contribution is 5.70. The molecule has 0 bridgehead atoms. The van der Waals surface area contributed by atoms with E-state index in [1.807, 2.05) is 0 Å². The van der Waals surface area contributed by atoms with Crippen molar-refractivity contribution >= 4 is 11.9 Å². The van der Waals surface area contributed by atoms with Crippen LogP contribution < -0.4 is 0 Å². The molecule has 0 heterocycles. The van der Waals surface area contributed by atoms with Crippen LogP contribution in [-0.2, 0) is 19.1 Å². The number of hydrogen-bond donors (Lipinski definition) is 1. The van der Waals surface area contributed by atoms with Crippen molar-refractivity contribution in [2.24, 2.45) is 0 Å². The number of aliphatic hydroxyl groups is 1. The van der Waals surface area contributed by atoms with Crippen LogP contribution in [0.1, 0.15) is 168 Å². The van der Waals surface area contributed by atoms with Gasteiger partial charge in [0.1, 0.15) is 6.61 Å². The molecule has 0 aromatic rings. The lowest BCUT2D eigenvalue weighted by Gasteiger charge is -2.15. The molecular weight excluding hydrogens is 500 g/mol. The quantitative estimate of drug-likeness (QED) is 0.0534. The van der Waals surface area contributed by atoms with Crippen LogP contribution in [0.15, 0.2) is 24.3 Å². The molecule has 0 radical (unpaired) electrons. The Hall–Kier alpha value is -1.62. The van der Waals surface area contributed by atoms with Gasteiger partial charge in [0.15, 0.2) is 6.10 Å². The molecule has 1 atom stereocenters. The Balaban J connectivity index is 3.60. The molecule has 0 rings (SSSR count). The summed E-state index contributed by atoms with van der Waals surface area (Å²) in [5.74, 6) is -0.606. The zero-order chi connectivity index (χ0) is 29.4. The molecule has 0 aliphatic carbocycles. The molecule has 1 N–H and O–H groups in total. The summed E-state index contributed by atoms with van der Waals surface area (Å²) in [6, 6.07) is 0. The van der Waals surface area contributed by atoms with E-state index in [2.05, 4.69) is 38.2 Å². The number of allylic oxidation sites excluding steroid dienone is 4. The van der Waals surface area contributed by atoms with Crippen molar-refractivity contribution in [2.75, 3.05) is 13.2 Å². The molecule has 0 fully saturated rings. The molecule has 0 unspecified atom stereocenters. The average molecular weight is 565 g/mol. The number of esters is 2. The van der Waals surface area contributed by atoms with Crippen LogP contribution in [0.3, 0.4) is 0 Å². The van der Waals surface area contributed by atoms with Gasteiger partial charge in [0.05, 0.1) is 6.61 Å². The van der Waals surface area contributed by atoms with Crippen molar-refractivity contribution in [1.29, 1.82) is 0 Å². The summed E-state index contributed by atoms with van der Waals surface area (Å²) in [6.07, 6.45) is 35.1. The normalized spacial score (nSPS) is 12.4. The van der Waals surface area contributed by atoms with Crippen molar-refractivity contribution in [1.82, 2.24) is 0 Å². The van der Waals surface area contributed by atoms with Gasteiger partial charge in [-0.15, -0.1) is 0 Å². The molecule has 0 amide bonds. The van der Waals surface area contributed by atoms with Crippen LogP contribution in [0.5, 0.6) is 0 Å². The third-order valence-electron chi connectivity index (χ3n) is 7.25. The highest BCUT2D eigenvalue weighted by atomic mass is 16.6. The van der Waals surface area contributed by atoms with Crippen LogP contribution >= 0.6 is 0 Å². The smallest absolute Gasteiger partial charge is 0.306 e. The average Bonchev–Trinajstić information content (AvgIpc) is 2.96. The molecule has 0 saturated carbocycles. The van der Waals surface area contributed by atoms with Gasteiger partial charge in [-0.1, -0.05) is 134 Å². The first-order valence-electron chi connectivity index (χ1n) is 16.9. The van der Waals surface area contributed by atoms with E-state index in [-0.39, 0.29) is 25.2 Å². The second-order valence-corrected chi connectivity index (χ2v) is 11.2. The van der Waals surface area contributed by atoms with Crippen molar-refractivity contribution in [3.63, 3.8) is 0 Å². The number of carbonyl (C=O) groups excluding carboxylic acids is 2. The van der Waals surface area contributed by atoms with Gasteiger partial charge < -0.3 is 14.6 Å². The lowest BCUT2D eigenvalue weighted by atomic mass is 10.1. The molecule has 5 heteroatoms. The number of hydrogen-bond acceptors (Lipinski definition) is 5. The standard InChI is InChI=1S/C35H64O5/c1-3-5-7-9-11-13-15-16-17-18-20-21-23-25-27-29-34(37)39-32-33(31-36)40-35(38)30-28-26-24-22-19-14-12-10-8-6-4-2/h11,13,16-17,33,36H,3-10,12,14-15,18-32H2,1-2H3/b13-11-,17-16-/t33-/m0/s1. The molecule has 234 valence electrons. The van der Waals surface area contributed by atoms with Gasteiger partial charge >= 0.3 is 11.9 Å². The van der Waals surface area contributed by atoms with E-state index in [4.69, 9.17) is 9.47 Å². The van der Waals surface area contributed by atoms with Gasteiger partial charge in [-0.2, -0.15) is 0 Å². The Morgan fingerprint density at radius 1 is 0.575 bits per heavy atom. The molecule has 0 saturated heterocycles. The first-order valence-corrected chi connectivity index (χ1v) is 16.9. The van der Waals surface area contributed by atoms with Gasteiger partial charge in [0.25, 0.3) is 0 Å². The van der Waals surface area contributed by atoms with Gasteiger partial charge in [-0.25, -0.2) is 0 Å². The van der Waals surface area contributed by atoms with E-state index in [0.717, 1.165) is 51.4 Å². The first-order chi connectivity index (χ1) is 19.6. The van der Waals surface area contributed by atoms with E-state index < -0.39 is 6.10 Å². The summed E-state index contributed by atoms with van der Waals surface area (Å²) < 4.78 is 10.5. The maximum absolute atomic E-state index is 12.1. The second-order valence-electron chi connectivity index (χ2n) is 11.2. The van der Waals surface area contributed by atoms with E-state index >= 15 is 0 Å². The Bertz CT molecular complexity index is 613. The first kappa shape index (κ1) is 38.4. The van der Waals surface area contributed by atoms with Crippen molar-refractivity contribution in [3.8, 4) is 0 Å². The highest BCUT2D eigenvalue weighted by Gasteiger charge is 2.16. The maximum Gasteiger partial charge on any atom is 0.306 e. The fraction of sp³-hybridized carbons (Fsp3) is 0.829. The summed E-state index contributed by atoms with van der Waals surface area (Å²) in [5.41, 5.74) is 0. The third kappa shape index (κ3) is 29.4. The fourth-order valence-electron chi connectivity index (χ4n) is 4.64. The summed E-state index contributed by atoms with van der Waals surface area (Å²) >= 11 is 0. The Labute approximate surface area is 247 Å². The molecule has 0 aliphatic heterocycles. The summed E-state index contributed by atoms with van der Waals surface area (Å²) in [4.78, 5) is 24.1. The minimum Gasteiger partial charge on any atom is -0.462 e. The minimum absolute atomic E-state index is 0.0698. The van der Waals surface area contributed by atoms with E-state index in [9.17, 15) is 14.7 Å². The topological polar surface area (TPSA) is 72.8 Å². The molecule has 0 aromatic heterocycles. The highest BCUT2D eigenvalue weighted by Crippen LogP contribution is 2.13. The number of carbonyl (C=O) groups is 2. The summed E-state index contributed by atoms with van der Waals surface area (Å²) in [6.45, 7) is 4.08. The second kappa shape index (κ2) is 31.9. The van der Waals surface area contributed by atoms with E-state index in [1.165, 1.54) is 89.9 Å². The van der Waals surface area contributed by atoms with E-state index in [1.54, 1.807) is 0 Å². The fourth-order valence-corrected chi connectivity index (χ4v) is 4.64. The van der Waals surface area contributed by atoms with Crippen molar-refractivity contribution in [2.45, 2.75) is 174 Å². The lowest BCUT2D eigenvalue weighted by Crippen LogP contribution is -2.28.